The molecule has 0 aromatic heterocycles. The molecule has 1 amide bonds. The van der Waals surface area contributed by atoms with E-state index in [9.17, 15) is 4.79 Å². The van der Waals surface area contributed by atoms with Crippen LogP contribution in [0.4, 0.5) is 0 Å². The third-order valence-electron chi connectivity index (χ3n) is 4.11. The summed E-state index contributed by atoms with van der Waals surface area (Å²) in [5.74, 6) is 1.62. The van der Waals surface area contributed by atoms with Crippen molar-refractivity contribution in [1.82, 2.24) is 5.32 Å². The van der Waals surface area contributed by atoms with Gasteiger partial charge in [0.25, 0.3) is 5.91 Å². The van der Waals surface area contributed by atoms with Gasteiger partial charge in [0.1, 0.15) is 0 Å². The van der Waals surface area contributed by atoms with Crippen LogP contribution in [0.2, 0.25) is 0 Å². The topological polar surface area (TPSA) is 73.6 Å². The molecule has 1 aliphatic carbocycles. The van der Waals surface area contributed by atoms with Gasteiger partial charge in [0, 0.05) is 17.6 Å². The smallest absolute Gasteiger partial charge is 0.251 e. The van der Waals surface area contributed by atoms with Gasteiger partial charge in [-0.3, -0.25) is 4.79 Å². The summed E-state index contributed by atoms with van der Waals surface area (Å²) >= 11 is 0. The molecule has 0 saturated heterocycles. The Morgan fingerprint density at radius 1 is 1.26 bits per heavy atom. The predicted octanol–water partition coefficient (Wildman–Crippen LogP) is 2.73. The number of hydrogen-bond donors (Lipinski definition) is 2. The van der Waals surface area contributed by atoms with Gasteiger partial charge in [-0.1, -0.05) is 13.8 Å². The molecule has 1 aromatic rings. The van der Waals surface area contributed by atoms with Gasteiger partial charge < -0.3 is 20.5 Å². The van der Waals surface area contributed by atoms with Crippen molar-refractivity contribution in [2.45, 2.75) is 51.6 Å². The van der Waals surface area contributed by atoms with Crippen molar-refractivity contribution in [1.29, 1.82) is 0 Å². The lowest BCUT2D eigenvalue weighted by atomic mass is 9.91. The monoisotopic (exact) mass is 320 g/mol. The van der Waals surface area contributed by atoms with Gasteiger partial charge in [-0.05, 0) is 49.8 Å². The minimum Gasteiger partial charge on any atom is -0.493 e. The Bertz CT molecular complexity index is 523. The van der Waals surface area contributed by atoms with E-state index in [4.69, 9.17) is 15.2 Å². The molecule has 3 N–H and O–H groups in total. The second-order valence-electron chi connectivity index (χ2n) is 6.66. The second-order valence-corrected chi connectivity index (χ2v) is 6.66. The highest BCUT2D eigenvalue weighted by atomic mass is 16.5. The number of hydrogen-bond acceptors (Lipinski definition) is 4. The Morgan fingerprint density at radius 2 is 1.96 bits per heavy atom. The number of benzene rings is 1. The molecule has 2 rings (SSSR count). The van der Waals surface area contributed by atoms with Gasteiger partial charge in [-0.2, -0.15) is 0 Å². The number of nitrogens with two attached hydrogens (primary N) is 1. The lowest BCUT2D eigenvalue weighted by molar-refractivity contribution is 0.0925. The van der Waals surface area contributed by atoms with Gasteiger partial charge in [0.2, 0.25) is 0 Å². The molecule has 1 fully saturated rings. The minimum atomic E-state index is -0.0702. The van der Waals surface area contributed by atoms with Crippen LogP contribution in [-0.2, 0) is 0 Å². The standard InChI is InChI=1S/C18H28N2O3/c1-12(2)11-23-16-9-4-13(10-17(16)22-3)18(21)20-15-7-5-14(19)6-8-15/h4,9-10,12,14-15H,5-8,11,19H2,1-3H3,(H,20,21). The largest absolute Gasteiger partial charge is 0.493 e. The van der Waals surface area contributed by atoms with E-state index in [0.29, 0.717) is 29.6 Å². The van der Waals surface area contributed by atoms with Gasteiger partial charge >= 0.3 is 0 Å². The summed E-state index contributed by atoms with van der Waals surface area (Å²) < 4.78 is 11.1. The van der Waals surface area contributed by atoms with Crippen molar-refractivity contribution in [2.75, 3.05) is 13.7 Å². The lowest BCUT2D eigenvalue weighted by Crippen LogP contribution is -2.40. The molecule has 0 aliphatic heterocycles. The molecule has 23 heavy (non-hydrogen) atoms. The molecule has 1 saturated carbocycles. The quantitative estimate of drug-likeness (QED) is 0.845. The highest BCUT2D eigenvalue weighted by Crippen LogP contribution is 2.28. The number of amides is 1. The maximum Gasteiger partial charge on any atom is 0.251 e. The Morgan fingerprint density at radius 3 is 2.57 bits per heavy atom. The Labute approximate surface area is 138 Å². The summed E-state index contributed by atoms with van der Waals surface area (Å²) in [6, 6.07) is 5.81. The van der Waals surface area contributed by atoms with Crippen molar-refractivity contribution in [2.24, 2.45) is 11.7 Å². The van der Waals surface area contributed by atoms with Crippen molar-refractivity contribution in [3.8, 4) is 11.5 Å². The number of carbonyl (C=O) groups excluding carboxylic acids is 1. The van der Waals surface area contributed by atoms with Crippen LogP contribution in [0.5, 0.6) is 11.5 Å². The van der Waals surface area contributed by atoms with Crippen LogP contribution in [0, 0.1) is 5.92 Å². The summed E-state index contributed by atoms with van der Waals surface area (Å²) in [7, 11) is 1.59. The first kappa shape index (κ1) is 17.6. The average molecular weight is 320 g/mol. The summed E-state index contributed by atoms with van der Waals surface area (Å²) in [5, 5.41) is 3.09. The van der Waals surface area contributed by atoms with Gasteiger partial charge in [0.15, 0.2) is 11.5 Å². The molecule has 1 aliphatic rings. The fraction of sp³-hybridized carbons (Fsp3) is 0.611. The van der Waals surface area contributed by atoms with Crippen molar-refractivity contribution < 1.29 is 14.3 Å². The molecule has 0 bridgehead atoms. The highest BCUT2D eigenvalue weighted by molar-refractivity contribution is 5.95. The second kappa shape index (κ2) is 8.20. The summed E-state index contributed by atoms with van der Waals surface area (Å²) in [6.45, 7) is 4.79. The molecule has 0 heterocycles. The zero-order valence-electron chi connectivity index (χ0n) is 14.3. The number of ether oxygens (including phenoxy) is 2. The highest BCUT2D eigenvalue weighted by Gasteiger charge is 2.21. The molecule has 0 radical (unpaired) electrons. The molecule has 5 heteroatoms. The van der Waals surface area contributed by atoms with Crippen LogP contribution in [-0.4, -0.2) is 31.7 Å². The summed E-state index contributed by atoms with van der Waals surface area (Å²) in [5.41, 5.74) is 6.49. The van der Waals surface area contributed by atoms with Gasteiger partial charge in [0.05, 0.1) is 13.7 Å². The van der Waals surface area contributed by atoms with Crippen molar-refractivity contribution >= 4 is 5.91 Å². The Hall–Kier alpha value is -1.75. The third kappa shape index (κ3) is 5.13. The molecule has 0 unspecified atom stereocenters. The van der Waals surface area contributed by atoms with E-state index in [0.717, 1.165) is 25.7 Å². The van der Waals surface area contributed by atoms with Crippen molar-refractivity contribution in [3.05, 3.63) is 23.8 Å². The molecule has 5 nitrogen and oxygen atoms in total. The fourth-order valence-electron chi connectivity index (χ4n) is 2.72. The normalized spacial score (nSPS) is 21.1. The average Bonchev–Trinajstić information content (AvgIpc) is 2.54. The van der Waals surface area contributed by atoms with Crippen LogP contribution >= 0.6 is 0 Å². The van der Waals surface area contributed by atoms with Crippen LogP contribution in [0.25, 0.3) is 0 Å². The van der Waals surface area contributed by atoms with E-state index in [2.05, 4.69) is 19.2 Å². The van der Waals surface area contributed by atoms with Crippen LogP contribution < -0.4 is 20.5 Å². The summed E-state index contributed by atoms with van der Waals surface area (Å²) in [4.78, 5) is 12.4. The van der Waals surface area contributed by atoms with Crippen molar-refractivity contribution in [3.63, 3.8) is 0 Å². The molecule has 0 atom stereocenters. The third-order valence-corrected chi connectivity index (χ3v) is 4.11. The maximum atomic E-state index is 12.4. The Kier molecular flexibility index (Phi) is 6.28. The van der Waals surface area contributed by atoms with E-state index in [1.54, 1.807) is 25.3 Å². The number of nitrogens with one attached hydrogen (secondary N) is 1. The van der Waals surface area contributed by atoms with E-state index >= 15 is 0 Å². The van der Waals surface area contributed by atoms with E-state index in [1.165, 1.54) is 0 Å². The van der Waals surface area contributed by atoms with Crippen LogP contribution in [0.1, 0.15) is 49.9 Å². The number of carbonyl (C=O) groups is 1. The molecule has 0 spiro atoms. The summed E-state index contributed by atoms with van der Waals surface area (Å²) in [6.07, 6.45) is 3.83. The first-order chi connectivity index (χ1) is 11.0. The first-order valence-corrected chi connectivity index (χ1v) is 8.37. The maximum absolute atomic E-state index is 12.4. The van der Waals surface area contributed by atoms with E-state index < -0.39 is 0 Å². The van der Waals surface area contributed by atoms with Gasteiger partial charge in [-0.15, -0.1) is 0 Å². The predicted molar refractivity (Wildman–Crippen MR) is 91.0 cm³/mol. The minimum absolute atomic E-state index is 0.0702. The van der Waals surface area contributed by atoms with Gasteiger partial charge in [-0.25, -0.2) is 0 Å². The van der Waals surface area contributed by atoms with E-state index in [1.807, 2.05) is 0 Å². The van der Waals surface area contributed by atoms with Crippen LogP contribution in [0.15, 0.2) is 18.2 Å². The Balaban J connectivity index is 2.00. The number of methoxy groups -OCH3 is 1. The molecular formula is C18H28N2O3. The SMILES string of the molecule is COc1cc(C(=O)NC2CCC(N)CC2)ccc1OCC(C)C. The molecule has 128 valence electrons. The number of rotatable bonds is 6. The zero-order chi connectivity index (χ0) is 16.8. The lowest BCUT2D eigenvalue weighted by Gasteiger charge is -2.26. The molecule has 1 aromatic carbocycles. The molecular weight excluding hydrogens is 292 g/mol. The van der Waals surface area contributed by atoms with Crippen LogP contribution in [0.3, 0.4) is 0 Å². The fourth-order valence-corrected chi connectivity index (χ4v) is 2.72. The zero-order valence-corrected chi connectivity index (χ0v) is 14.3. The van der Waals surface area contributed by atoms with E-state index in [-0.39, 0.29) is 18.0 Å². The first-order valence-electron chi connectivity index (χ1n) is 8.37.